The van der Waals surface area contributed by atoms with E-state index in [0.717, 1.165) is 49.9 Å². The highest BCUT2D eigenvalue weighted by Gasteiger charge is 2.28. The second-order valence-corrected chi connectivity index (χ2v) is 5.96. The largest absolute Gasteiger partial charge is 0.343 e. The number of nitro benzene ring substituents is 1. The average molecular weight is 304 g/mol. The number of hydrogen-bond acceptors (Lipinski definition) is 3. The van der Waals surface area contributed by atoms with Gasteiger partial charge in [-0.1, -0.05) is 19.9 Å². The van der Waals surface area contributed by atoms with E-state index in [2.05, 4.69) is 13.8 Å². The Balaban J connectivity index is 2.11. The van der Waals surface area contributed by atoms with Crippen LogP contribution >= 0.6 is 0 Å². The van der Waals surface area contributed by atoms with Gasteiger partial charge in [0.1, 0.15) is 0 Å². The van der Waals surface area contributed by atoms with E-state index < -0.39 is 0 Å². The first-order valence-corrected chi connectivity index (χ1v) is 8.11. The minimum absolute atomic E-state index is 0.122. The molecule has 5 heteroatoms. The molecule has 1 aliphatic rings. The molecule has 0 bridgehead atoms. The lowest BCUT2D eigenvalue weighted by Crippen LogP contribution is -2.33. The third-order valence-corrected chi connectivity index (χ3v) is 4.30. The number of carbonyl (C=O) groups excluding carboxylic acids is 1. The van der Waals surface area contributed by atoms with Gasteiger partial charge < -0.3 is 4.90 Å². The lowest BCUT2D eigenvalue weighted by molar-refractivity contribution is -0.384. The molecule has 2 rings (SSSR count). The fourth-order valence-corrected chi connectivity index (χ4v) is 3.24. The molecule has 0 fully saturated rings. The van der Waals surface area contributed by atoms with E-state index in [1.165, 1.54) is 0 Å². The highest BCUT2D eigenvalue weighted by atomic mass is 16.6. The van der Waals surface area contributed by atoms with Crippen LogP contribution in [0.2, 0.25) is 0 Å². The second-order valence-electron chi connectivity index (χ2n) is 5.96. The third kappa shape index (κ3) is 3.64. The standard InChI is InChI=1S/C17H24N2O3/c1-3-9-18(10-4-2)17(20)11-14-6-5-13-7-8-15(19(21)22)12-16(13)14/h7-8,12,14H,3-6,9-11H2,1-2H3. The number of fused-ring (bicyclic) bond motifs is 1. The van der Waals surface area contributed by atoms with Crippen molar-refractivity contribution in [2.75, 3.05) is 13.1 Å². The van der Waals surface area contributed by atoms with Crippen molar-refractivity contribution in [3.63, 3.8) is 0 Å². The summed E-state index contributed by atoms with van der Waals surface area (Å²) in [6, 6.07) is 5.06. The van der Waals surface area contributed by atoms with Crippen molar-refractivity contribution in [1.82, 2.24) is 4.90 Å². The summed E-state index contributed by atoms with van der Waals surface area (Å²) >= 11 is 0. The first kappa shape index (κ1) is 16.5. The molecular weight excluding hydrogens is 280 g/mol. The fourth-order valence-electron chi connectivity index (χ4n) is 3.24. The van der Waals surface area contributed by atoms with Gasteiger partial charge in [-0.3, -0.25) is 14.9 Å². The van der Waals surface area contributed by atoms with E-state index in [4.69, 9.17) is 0 Å². The molecule has 22 heavy (non-hydrogen) atoms. The molecule has 0 aliphatic heterocycles. The van der Waals surface area contributed by atoms with Gasteiger partial charge in [-0.2, -0.15) is 0 Å². The Hall–Kier alpha value is -1.91. The molecule has 0 N–H and O–H groups in total. The Morgan fingerprint density at radius 2 is 2.00 bits per heavy atom. The van der Waals surface area contributed by atoms with Gasteiger partial charge in [0.25, 0.3) is 5.69 Å². The summed E-state index contributed by atoms with van der Waals surface area (Å²) in [5, 5.41) is 10.9. The number of aryl methyl sites for hydroxylation is 1. The van der Waals surface area contributed by atoms with Crippen LogP contribution < -0.4 is 0 Å². The van der Waals surface area contributed by atoms with Crippen molar-refractivity contribution in [3.05, 3.63) is 39.4 Å². The van der Waals surface area contributed by atoms with Gasteiger partial charge in [0, 0.05) is 31.6 Å². The molecule has 0 saturated carbocycles. The van der Waals surface area contributed by atoms with Crippen molar-refractivity contribution in [2.45, 2.75) is 51.9 Å². The van der Waals surface area contributed by atoms with E-state index in [0.29, 0.717) is 6.42 Å². The highest BCUT2D eigenvalue weighted by Crippen LogP contribution is 2.37. The van der Waals surface area contributed by atoms with Crippen molar-refractivity contribution < 1.29 is 9.72 Å². The van der Waals surface area contributed by atoms with Crippen LogP contribution in [0.5, 0.6) is 0 Å². The smallest absolute Gasteiger partial charge is 0.269 e. The summed E-state index contributed by atoms with van der Waals surface area (Å²) in [6.07, 6.45) is 4.20. The van der Waals surface area contributed by atoms with Crippen LogP contribution in [-0.4, -0.2) is 28.8 Å². The van der Waals surface area contributed by atoms with E-state index >= 15 is 0 Å². The van der Waals surface area contributed by atoms with Gasteiger partial charge in [0.2, 0.25) is 5.91 Å². The number of carbonyl (C=O) groups is 1. The number of nitrogens with zero attached hydrogens (tertiary/aromatic N) is 2. The zero-order valence-corrected chi connectivity index (χ0v) is 13.4. The summed E-state index contributed by atoms with van der Waals surface area (Å²) in [5.41, 5.74) is 2.27. The SMILES string of the molecule is CCCN(CCC)C(=O)CC1CCc2ccc([N+](=O)[O-])cc21. The molecule has 1 amide bonds. The fraction of sp³-hybridized carbons (Fsp3) is 0.588. The van der Waals surface area contributed by atoms with E-state index in [-0.39, 0.29) is 22.4 Å². The molecule has 0 heterocycles. The van der Waals surface area contributed by atoms with Gasteiger partial charge >= 0.3 is 0 Å². The van der Waals surface area contributed by atoms with E-state index in [1.807, 2.05) is 11.0 Å². The highest BCUT2D eigenvalue weighted by molar-refractivity contribution is 5.77. The second kappa shape index (κ2) is 7.38. The number of rotatable bonds is 7. The maximum absolute atomic E-state index is 12.5. The Labute approximate surface area is 131 Å². The summed E-state index contributed by atoms with van der Waals surface area (Å²) in [4.78, 5) is 25.0. The molecule has 1 aromatic carbocycles. The van der Waals surface area contributed by atoms with Crippen LogP contribution in [0.3, 0.4) is 0 Å². The van der Waals surface area contributed by atoms with Crippen molar-refractivity contribution in [3.8, 4) is 0 Å². The van der Waals surface area contributed by atoms with Gasteiger partial charge in [-0.15, -0.1) is 0 Å². The Morgan fingerprint density at radius 1 is 1.32 bits per heavy atom. The molecule has 120 valence electrons. The predicted molar refractivity (Wildman–Crippen MR) is 85.9 cm³/mol. The van der Waals surface area contributed by atoms with Crippen LogP contribution in [0.4, 0.5) is 5.69 Å². The molecule has 0 spiro atoms. The van der Waals surface area contributed by atoms with Crippen LogP contribution in [0.15, 0.2) is 18.2 Å². The minimum atomic E-state index is -0.363. The number of nitro groups is 1. The van der Waals surface area contributed by atoms with Crippen molar-refractivity contribution in [1.29, 1.82) is 0 Å². The Morgan fingerprint density at radius 3 is 2.59 bits per heavy atom. The maximum atomic E-state index is 12.5. The minimum Gasteiger partial charge on any atom is -0.343 e. The zero-order chi connectivity index (χ0) is 16.1. The summed E-state index contributed by atoms with van der Waals surface area (Å²) in [6.45, 7) is 5.73. The Bertz CT molecular complexity index is 551. The molecule has 0 radical (unpaired) electrons. The van der Waals surface area contributed by atoms with Crippen LogP contribution in [0, 0.1) is 10.1 Å². The monoisotopic (exact) mass is 304 g/mol. The summed E-state index contributed by atoms with van der Waals surface area (Å²) in [5.74, 6) is 0.298. The molecule has 1 aliphatic carbocycles. The van der Waals surface area contributed by atoms with Gasteiger partial charge in [-0.05, 0) is 42.7 Å². The number of non-ortho nitro benzene ring substituents is 1. The lowest BCUT2D eigenvalue weighted by atomic mass is 9.96. The average Bonchev–Trinajstić information content (AvgIpc) is 2.89. The summed E-state index contributed by atoms with van der Waals surface area (Å²) in [7, 11) is 0. The first-order valence-electron chi connectivity index (χ1n) is 8.11. The Kier molecular flexibility index (Phi) is 5.52. The van der Waals surface area contributed by atoms with Crippen molar-refractivity contribution >= 4 is 11.6 Å². The maximum Gasteiger partial charge on any atom is 0.269 e. The molecular formula is C17H24N2O3. The predicted octanol–water partition coefficient (Wildman–Crippen LogP) is 3.66. The molecule has 1 aromatic rings. The molecule has 5 nitrogen and oxygen atoms in total. The number of amides is 1. The normalized spacial score (nSPS) is 16.4. The molecule has 1 atom stereocenters. The van der Waals surface area contributed by atoms with Crippen molar-refractivity contribution in [2.24, 2.45) is 0 Å². The van der Waals surface area contributed by atoms with Crippen LogP contribution in [0.25, 0.3) is 0 Å². The summed E-state index contributed by atoms with van der Waals surface area (Å²) < 4.78 is 0. The first-order chi connectivity index (χ1) is 10.6. The van der Waals surface area contributed by atoms with E-state index in [9.17, 15) is 14.9 Å². The van der Waals surface area contributed by atoms with E-state index in [1.54, 1.807) is 12.1 Å². The number of hydrogen-bond donors (Lipinski definition) is 0. The quantitative estimate of drug-likeness (QED) is 0.570. The van der Waals surface area contributed by atoms with Gasteiger partial charge in [0.15, 0.2) is 0 Å². The van der Waals surface area contributed by atoms with Crippen LogP contribution in [0.1, 0.15) is 56.6 Å². The topological polar surface area (TPSA) is 63.5 Å². The van der Waals surface area contributed by atoms with Crippen LogP contribution in [-0.2, 0) is 11.2 Å². The molecule has 1 unspecified atom stereocenters. The lowest BCUT2D eigenvalue weighted by Gasteiger charge is -2.23. The molecule has 0 saturated heterocycles. The van der Waals surface area contributed by atoms with Gasteiger partial charge in [0.05, 0.1) is 4.92 Å². The zero-order valence-electron chi connectivity index (χ0n) is 13.4. The number of benzene rings is 1. The molecule has 0 aromatic heterocycles. The third-order valence-electron chi connectivity index (χ3n) is 4.30. The van der Waals surface area contributed by atoms with Gasteiger partial charge in [-0.25, -0.2) is 0 Å².